The Morgan fingerprint density at radius 3 is 2.33 bits per heavy atom. The summed E-state index contributed by atoms with van der Waals surface area (Å²) in [4.78, 5) is 14.6. The van der Waals surface area contributed by atoms with E-state index in [1.165, 1.54) is 0 Å². The highest BCUT2D eigenvalue weighted by Crippen LogP contribution is 2.16. The van der Waals surface area contributed by atoms with Crippen molar-refractivity contribution in [2.75, 3.05) is 7.11 Å². The molecular formula is C19H36O7S. The fraction of sp³-hybridized carbons (Fsp3) is 0.842. The van der Waals surface area contributed by atoms with E-state index < -0.39 is 22.5 Å². The summed E-state index contributed by atoms with van der Waals surface area (Å²) in [6, 6.07) is 0. The molecule has 0 radical (unpaired) electrons. The third kappa shape index (κ3) is 18.2. The number of hydrogen-bond donors (Lipinski definition) is 1. The van der Waals surface area contributed by atoms with Crippen LogP contribution in [0.3, 0.4) is 0 Å². The second-order valence-electron chi connectivity index (χ2n) is 6.62. The first-order valence-corrected chi connectivity index (χ1v) is 11.3. The van der Waals surface area contributed by atoms with Gasteiger partial charge < -0.3 is 5.11 Å². The maximum atomic E-state index is 11.6. The molecule has 0 amide bonds. The van der Waals surface area contributed by atoms with Crippen LogP contribution in [0, 0.1) is 0 Å². The van der Waals surface area contributed by atoms with E-state index in [1.54, 1.807) is 0 Å². The van der Waals surface area contributed by atoms with Gasteiger partial charge in [-0.25, -0.2) is 9.07 Å². The average molecular weight is 409 g/mol. The maximum absolute atomic E-state index is 11.6. The lowest BCUT2D eigenvalue weighted by Gasteiger charge is -2.14. The molecular weight excluding hydrogens is 372 g/mol. The molecule has 0 aromatic carbocycles. The largest absolute Gasteiger partial charge is 0.481 e. The Labute approximate surface area is 164 Å². The van der Waals surface area contributed by atoms with Gasteiger partial charge in [-0.15, -0.1) is 0 Å². The molecule has 0 saturated heterocycles. The van der Waals surface area contributed by atoms with Gasteiger partial charge in [0.05, 0.1) is 13.2 Å². The van der Waals surface area contributed by atoms with Crippen LogP contribution < -0.4 is 0 Å². The Balaban J connectivity index is 4.06. The molecule has 0 saturated carbocycles. The minimum absolute atomic E-state index is 0.245. The van der Waals surface area contributed by atoms with Crippen molar-refractivity contribution in [2.24, 2.45) is 0 Å². The van der Waals surface area contributed by atoms with Gasteiger partial charge in [-0.1, -0.05) is 68.4 Å². The van der Waals surface area contributed by atoms with Gasteiger partial charge in [0.2, 0.25) is 0 Å². The number of hydrogen-bond acceptors (Lipinski definition) is 6. The normalized spacial score (nSPS) is 13.3. The van der Waals surface area contributed by atoms with Gasteiger partial charge in [0.1, 0.15) is 0 Å². The molecule has 0 aromatic rings. The zero-order valence-electron chi connectivity index (χ0n) is 16.7. The van der Waals surface area contributed by atoms with Crippen molar-refractivity contribution in [3.63, 3.8) is 0 Å². The lowest BCUT2D eigenvalue weighted by molar-refractivity contribution is -0.183. The fourth-order valence-electron chi connectivity index (χ4n) is 2.70. The second kappa shape index (κ2) is 17.2. The topological polar surface area (TPSA) is 99.1 Å². The molecule has 0 rings (SSSR count). The molecule has 1 atom stereocenters. The van der Waals surface area contributed by atoms with Crippen molar-refractivity contribution in [2.45, 2.75) is 96.5 Å². The van der Waals surface area contributed by atoms with Crippen molar-refractivity contribution < 1.29 is 31.7 Å². The zero-order valence-corrected chi connectivity index (χ0v) is 17.5. The van der Waals surface area contributed by atoms with Gasteiger partial charge in [-0.3, -0.25) is 4.79 Å². The van der Waals surface area contributed by atoms with E-state index in [2.05, 4.69) is 16.1 Å². The van der Waals surface area contributed by atoms with Gasteiger partial charge in [-0.05, 0) is 32.1 Å². The summed E-state index contributed by atoms with van der Waals surface area (Å²) in [7, 11) is -3.01. The highest BCUT2D eigenvalue weighted by Gasteiger charge is 2.20. The summed E-state index contributed by atoms with van der Waals surface area (Å²) in [5, 5.41) is 8.57. The number of carboxylic acid groups (broad SMARTS) is 1. The van der Waals surface area contributed by atoms with Crippen LogP contribution >= 0.6 is 0 Å². The van der Waals surface area contributed by atoms with Crippen molar-refractivity contribution in [1.82, 2.24) is 0 Å². The van der Waals surface area contributed by atoms with E-state index in [4.69, 9.17) is 9.29 Å². The molecule has 0 aliphatic heterocycles. The van der Waals surface area contributed by atoms with Crippen LogP contribution in [0.5, 0.6) is 0 Å². The van der Waals surface area contributed by atoms with Gasteiger partial charge in [0.25, 0.3) is 0 Å². The van der Waals surface area contributed by atoms with Crippen molar-refractivity contribution >= 4 is 16.4 Å². The smallest absolute Gasteiger partial charge is 0.426 e. The minimum Gasteiger partial charge on any atom is -0.481 e. The first-order chi connectivity index (χ1) is 12.9. The molecule has 27 heavy (non-hydrogen) atoms. The molecule has 1 N–H and O–H groups in total. The number of carboxylic acids is 1. The molecule has 0 spiro atoms. The highest BCUT2D eigenvalue weighted by atomic mass is 32.3. The Kier molecular flexibility index (Phi) is 16.5. The van der Waals surface area contributed by atoms with E-state index >= 15 is 0 Å². The molecule has 0 aliphatic rings. The molecule has 0 aromatic heterocycles. The minimum atomic E-state index is -4.14. The molecule has 160 valence electrons. The molecule has 0 aliphatic carbocycles. The molecule has 0 heterocycles. The summed E-state index contributed by atoms with van der Waals surface area (Å²) in [6.45, 7) is 2.12. The fourth-order valence-corrected chi connectivity index (χ4v) is 3.41. The first-order valence-electron chi connectivity index (χ1n) is 9.93. The third-order valence-corrected chi connectivity index (χ3v) is 4.92. The summed E-state index contributed by atoms with van der Waals surface area (Å²) >= 11 is 0. The third-order valence-electron chi connectivity index (χ3n) is 4.11. The SMILES string of the molecule is CCCCCC[C@H](C/C=C\CCCCCCCC(=O)O)OS(=O)(=O)OOC. The van der Waals surface area contributed by atoms with E-state index in [0.717, 1.165) is 71.3 Å². The quantitative estimate of drug-likeness (QED) is 0.140. The predicted octanol–water partition coefficient (Wildman–Crippen LogP) is 4.93. The van der Waals surface area contributed by atoms with Crippen molar-refractivity contribution in [3.05, 3.63) is 12.2 Å². The molecule has 0 bridgehead atoms. The van der Waals surface area contributed by atoms with Gasteiger partial charge >= 0.3 is 16.4 Å². The number of unbranched alkanes of at least 4 members (excludes halogenated alkanes) is 8. The van der Waals surface area contributed by atoms with Crippen LogP contribution in [0.2, 0.25) is 0 Å². The first kappa shape index (κ1) is 26.0. The highest BCUT2D eigenvalue weighted by molar-refractivity contribution is 7.81. The number of allylic oxidation sites excluding steroid dienone is 1. The predicted molar refractivity (Wildman–Crippen MR) is 104 cm³/mol. The number of carbonyl (C=O) groups is 1. The van der Waals surface area contributed by atoms with Crippen LogP contribution in [0.15, 0.2) is 12.2 Å². The Morgan fingerprint density at radius 1 is 1.00 bits per heavy atom. The van der Waals surface area contributed by atoms with E-state index in [9.17, 15) is 13.2 Å². The average Bonchev–Trinajstić information content (AvgIpc) is 2.59. The summed E-state index contributed by atoms with van der Waals surface area (Å²) in [6.07, 6.45) is 14.9. The van der Waals surface area contributed by atoms with Gasteiger partial charge in [0, 0.05) is 6.42 Å². The maximum Gasteiger partial charge on any atom is 0.426 e. The molecule has 7 nitrogen and oxygen atoms in total. The van der Waals surface area contributed by atoms with E-state index in [0.29, 0.717) is 12.8 Å². The Hall–Kier alpha value is -0.960. The van der Waals surface area contributed by atoms with Crippen molar-refractivity contribution in [1.29, 1.82) is 0 Å². The lowest BCUT2D eigenvalue weighted by Crippen LogP contribution is -2.19. The van der Waals surface area contributed by atoms with Gasteiger partial charge in [-0.2, -0.15) is 8.42 Å². The zero-order chi connectivity index (χ0) is 20.4. The van der Waals surface area contributed by atoms with Crippen LogP contribution in [0.4, 0.5) is 0 Å². The molecule has 8 heteroatoms. The summed E-state index contributed by atoms with van der Waals surface area (Å²) < 4.78 is 32.5. The van der Waals surface area contributed by atoms with Gasteiger partial charge in [0.15, 0.2) is 0 Å². The summed E-state index contributed by atoms with van der Waals surface area (Å²) in [5.74, 6) is -0.734. The molecule has 0 unspecified atom stereocenters. The Morgan fingerprint density at radius 2 is 1.67 bits per heavy atom. The molecule has 0 fully saturated rings. The number of rotatable bonds is 19. The summed E-state index contributed by atoms with van der Waals surface area (Å²) in [5.41, 5.74) is 0. The lowest BCUT2D eigenvalue weighted by atomic mass is 10.1. The monoisotopic (exact) mass is 408 g/mol. The van der Waals surface area contributed by atoms with Crippen molar-refractivity contribution in [3.8, 4) is 0 Å². The number of aliphatic carboxylic acids is 1. The van der Waals surface area contributed by atoms with Crippen LogP contribution in [0.25, 0.3) is 0 Å². The van der Waals surface area contributed by atoms with Crippen LogP contribution in [-0.2, 0) is 28.6 Å². The van der Waals surface area contributed by atoms with E-state index in [-0.39, 0.29) is 6.42 Å². The van der Waals surface area contributed by atoms with E-state index in [1.807, 2.05) is 12.2 Å². The Bertz CT molecular complexity index is 488. The van der Waals surface area contributed by atoms with Crippen LogP contribution in [-0.4, -0.2) is 32.7 Å². The second-order valence-corrected chi connectivity index (χ2v) is 7.76. The standard InChI is InChI=1S/C19H36O7S/c1-3-4-5-12-15-18(25-27(22,23)26-24-2)16-13-10-8-6-7-9-11-14-17-19(20)21/h10,13,18H,3-9,11-12,14-17H2,1-2H3,(H,20,21)/b13-10-/t18-/m1/s1. The van der Waals surface area contributed by atoms with Crippen LogP contribution in [0.1, 0.15) is 90.4 Å².